The van der Waals surface area contributed by atoms with Gasteiger partial charge in [-0.05, 0) is 30.3 Å². The maximum absolute atomic E-state index is 13.6. The Morgan fingerprint density at radius 2 is 2.05 bits per heavy atom. The average Bonchev–Trinajstić information content (AvgIpc) is 2.43. The van der Waals surface area contributed by atoms with E-state index in [1.54, 1.807) is 0 Å². The molecule has 0 atom stereocenters. The molecule has 9 heteroatoms. The molecule has 0 amide bonds. The van der Waals surface area contributed by atoms with Crippen molar-refractivity contribution in [3.05, 3.63) is 52.5 Å². The number of thiocarbonyl (C=S) groups is 1. The second kappa shape index (κ2) is 6.04. The highest BCUT2D eigenvalue weighted by Crippen LogP contribution is 2.23. The van der Waals surface area contributed by atoms with Gasteiger partial charge in [0.15, 0.2) is 0 Å². The molecule has 1 heterocycles. The van der Waals surface area contributed by atoms with Crippen molar-refractivity contribution in [3.8, 4) is 0 Å². The number of hydrogen-bond acceptors (Lipinski definition) is 4. The number of hydrogen-bond donors (Lipinski definition) is 2. The van der Waals surface area contributed by atoms with Crippen LogP contribution in [0.3, 0.4) is 0 Å². The molecule has 0 unspecified atom stereocenters. The van der Waals surface area contributed by atoms with Crippen molar-refractivity contribution in [1.82, 2.24) is 4.98 Å². The summed E-state index contributed by atoms with van der Waals surface area (Å²) in [6, 6.07) is 6.61. The first-order chi connectivity index (χ1) is 9.79. The number of benzene rings is 1. The summed E-state index contributed by atoms with van der Waals surface area (Å²) in [6.45, 7) is 0. The van der Waals surface area contributed by atoms with Crippen LogP contribution in [-0.4, -0.2) is 18.4 Å². The van der Waals surface area contributed by atoms with Crippen LogP contribution in [0.4, 0.5) is 10.1 Å². The number of aromatic nitrogens is 1. The predicted molar refractivity (Wildman–Crippen MR) is 85.0 cm³/mol. The molecular formula is C12H9BrFN3O2S2. The molecule has 110 valence electrons. The van der Waals surface area contributed by atoms with Gasteiger partial charge >= 0.3 is 0 Å². The third-order valence-electron chi connectivity index (χ3n) is 2.47. The average molecular weight is 390 g/mol. The molecule has 0 fully saturated rings. The number of nitrogens with one attached hydrogen (secondary N) is 1. The van der Waals surface area contributed by atoms with Gasteiger partial charge in [0.1, 0.15) is 15.7 Å². The molecule has 0 radical (unpaired) electrons. The van der Waals surface area contributed by atoms with Gasteiger partial charge in [0.05, 0.1) is 11.4 Å². The minimum absolute atomic E-state index is 0.0601. The molecule has 1 aromatic heterocycles. The summed E-state index contributed by atoms with van der Waals surface area (Å²) in [7, 11) is -3.95. The van der Waals surface area contributed by atoms with Gasteiger partial charge in [0, 0.05) is 10.7 Å². The highest BCUT2D eigenvalue weighted by molar-refractivity contribution is 9.10. The standard InChI is InChI=1S/C12H9BrFN3O2S2/c13-7-1-3-9(14)11(5-7)17-21(18,19)8-2-4-10(12(15)20)16-6-8/h1-6,17H,(H2,15,20). The molecule has 0 aliphatic carbocycles. The second-order valence-corrected chi connectivity index (χ2v) is 7.01. The molecule has 2 rings (SSSR count). The van der Waals surface area contributed by atoms with E-state index in [0.717, 1.165) is 12.3 Å². The lowest BCUT2D eigenvalue weighted by Crippen LogP contribution is -2.16. The first-order valence-corrected chi connectivity index (χ1v) is 8.22. The molecule has 1 aromatic carbocycles. The Hall–Kier alpha value is -1.58. The number of sulfonamides is 1. The molecule has 0 bridgehead atoms. The van der Waals surface area contributed by atoms with Gasteiger partial charge in [0.2, 0.25) is 0 Å². The first-order valence-electron chi connectivity index (χ1n) is 5.53. The van der Waals surface area contributed by atoms with Crippen LogP contribution in [0.1, 0.15) is 5.69 Å². The van der Waals surface area contributed by atoms with E-state index in [4.69, 9.17) is 18.0 Å². The molecule has 0 aliphatic rings. The third-order valence-corrected chi connectivity index (χ3v) is 4.52. The van der Waals surface area contributed by atoms with Crippen LogP contribution in [0.25, 0.3) is 0 Å². The summed E-state index contributed by atoms with van der Waals surface area (Å²) in [5, 5.41) is 0. The zero-order chi connectivity index (χ0) is 15.6. The van der Waals surface area contributed by atoms with E-state index in [9.17, 15) is 12.8 Å². The molecule has 2 aromatic rings. The van der Waals surface area contributed by atoms with Crippen molar-refractivity contribution in [1.29, 1.82) is 0 Å². The van der Waals surface area contributed by atoms with Gasteiger partial charge in [-0.15, -0.1) is 0 Å². The largest absolute Gasteiger partial charge is 0.388 e. The topological polar surface area (TPSA) is 85.1 Å². The fraction of sp³-hybridized carbons (Fsp3) is 0. The lowest BCUT2D eigenvalue weighted by atomic mass is 10.3. The highest BCUT2D eigenvalue weighted by atomic mass is 79.9. The summed E-state index contributed by atoms with van der Waals surface area (Å²) >= 11 is 7.87. The van der Waals surface area contributed by atoms with Crippen molar-refractivity contribution < 1.29 is 12.8 Å². The van der Waals surface area contributed by atoms with E-state index in [2.05, 4.69) is 25.6 Å². The lowest BCUT2D eigenvalue weighted by Gasteiger charge is -2.09. The summed E-state index contributed by atoms with van der Waals surface area (Å²) in [5.74, 6) is -0.686. The zero-order valence-electron chi connectivity index (χ0n) is 10.4. The Balaban J connectivity index is 2.34. The Morgan fingerprint density at radius 3 is 2.62 bits per heavy atom. The van der Waals surface area contributed by atoms with Crippen LogP contribution in [0, 0.1) is 5.82 Å². The summed E-state index contributed by atoms with van der Waals surface area (Å²) in [5.41, 5.74) is 5.52. The van der Waals surface area contributed by atoms with Crippen LogP contribution >= 0.6 is 28.1 Å². The lowest BCUT2D eigenvalue weighted by molar-refractivity contribution is 0.598. The molecular weight excluding hydrogens is 381 g/mol. The number of anilines is 1. The molecule has 0 spiro atoms. The SMILES string of the molecule is NC(=S)c1ccc(S(=O)(=O)Nc2cc(Br)ccc2F)cn1. The van der Waals surface area contributed by atoms with Gasteiger partial charge in [-0.1, -0.05) is 28.1 Å². The van der Waals surface area contributed by atoms with Crippen LogP contribution in [-0.2, 0) is 10.0 Å². The van der Waals surface area contributed by atoms with E-state index >= 15 is 0 Å². The van der Waals surface area contributed by atoms with Gasteiger partial charge in [-0.3, -0.25) is 9.71 Å². The Bertz CT molecular complexity index is 795. The maximum atomic E-state index is 13.6. The molecule has 21 heavy (non-hydrogen) atoms. The van der Waals surface area contributed by atoms with Crippen LogP contribution < -0.4 is 10.5 Å². The van der Waals surface area contributed by atoms with Gasteiger partial charge in [0.25, 0.3) is 10.0 Å². The van der Waals surface area contributed by atoms with Crippen LogP contribution in [0.2, 0.25) is 0 Å². The summed E-state index contributed by atoms with van der Waals surface area (Å²) in [6.07, 6.45) is 1.10. The van der Waals surface area contributed by atoms with Crippen molar-refractivity contribution in [2.45, 2.75) is 4.90 Å². The third kappa shape index (κ3) is 3.74. The van der Waals surface area contributed by atoms with E-state index in [1.165, 1.54) is 24.3 Å². The van der Waals surface area contributed by atoms with Gasteiger partial charge in [-0.25, -0.2) is 12.8 Å². The Labute approximate surface area is 134 Å². The van der Waals surface area contributed by atoms with E-state index < -0.39 is 15.8 Å². The number of pyridine rings is 1. The number of nitrogens with two attached hydrogens (primary N) is 1. The monoisotopic (exact) mass is 389 g/mol. The number of rotatable bonds is 4. The molecule has 0 aliphatic heterocycles. The van der Waals surface area contributed by atoms with E-state index in [-0.39, 0.29) is 15.6 Å². The number of halogens is 2. The quantitative estimate of drug-likeness (QED) is 0.784. The minimum atomic E-state index is -3.95. The smallest absolute Gasteiger partial charge is 0.263 e. The molecule has 5 nitrogen and oxygen atoms in total. The molecule has 0 saturated heterocycles. The second-order valence-electron chi connectivity index (χ2n) is 3.97. The molecule has 0 saturated carbocycles. The maximum Gasteiger partial charge on any atom is 0.263 e. The highest BCUT2D eigenvalue weighted by Gasteiger charge is 2.17. The summed E-state index contributed by atoms with van der Waals surface area (Å²) in [4.78, 5) is 3.77. The number of nitrogens with zero attached hydrogens (tertiary/aromatic N) is 1. The molecule has 3 N–H and O–H groups in total. The van der Waals surface area contributed by atoms with Crippen molar-refractivity contribution >= 4 is 48.8 Å². The predicted octanol–water partition coefficient (Wildman–Crippen LogP) is 2.42. The Kier molecular flexibility index (Phi) is 4.55. The van der Waals surface area contributed by atoms with Crippen molar-refractivity contribution in [2.75, 3.05) is 4.72 Å². The van der Waals surface area contributed by atoms with Crippen LogP contribution in [0.5, 0.6) is 0 Å². The van der Waals surface area contributed by atoms with Crippen LogP contribution in [0.15, 0.2) is 45.9 Å². The van der Waals surface area contributed by atoms with Crippen molar-refractivity contribution in [3.63, 3.8) is 0 Å². The van der Waals surface area contributed by atoms with Gasteiger partial charge in [-0.2, -0.15) is 0 Å². The Morgan fingerprint density at radius 1 is 1.33 bits per heavy atom. The minimum Gasteiger partial charge on any atom is -0.388 e. The van der Waals surface area contributed by atoms with E-state index in [0.29, 0.717) is 10.2 Å². The normalized spacial score (nSPS) is 11.1. The van der Waals surface area contributed by atoms with Gasteiger partial charge < -0.3 is 5.73 Å². The summed E-state index contributed by atoms with van der Waals surface area (Å²) < 4.78 is 40.6. The van der Waals surface area contributed by atoms with E-state index in [1.807, 2.05) is 0 Å². The first kappa shape index (κ1) is 15.8. The fourth-order valence-electron chi connectivity index (χ4n) is 1.46. The fourth-order valence-corrected chi connectivity index (χ4v) is 2.95. The zero-order valence-corrected chi connectivity index (χ0v) is 13.6. The van der Waals surface area contributed by atoms with Crippen molar-refractivity contribution in [2.24, 2.45) is 5.73 Å².